The fourth-order valence-corrected chi connectivity index (χ4v) is 3.11. The number of anilines is 1. The SMILES string of the molecule is CCSc1cccc(N(C)CC2CC2C)c1C#N. The summed E-state index contributed by atoms with van der Waals surface area (Å²) in [6.45, 7) is 5.48. The van der Waals surface area contributed by atoms with Crippen LogP contribution in [0.25, 0.3) is 0 Å². The Morgan fingerprint density at radius 1 is 1.50 bits per heavy atom. The van der Waals surface area contributed by atoms with Crippen LogP contribution in [0.4, 0.5) is 5.69 Å². The first-order valence-electron chi connectivity index (χ1n) is 6.54. The smallest absolute Gasteiger partial charge is 0.103 e. The Labute approximate surface area is 114 Å². The average molecular weight is 260 g/mol. The fraction of sp³-hybridized carbons (Fsp3) is 0.533. The quantitative estimate of drug-likeness (QED) is 0.754. The Balaban J connectivity index is 2.20. The third-order valence-electron chi connectivity index (χ3n) is 3.61. The molecule has 0 radical (unpaired) electrons. The lowest BCUT2D eigenvalue weighted by Crippen LogP contribution is -2.21. The van der Waals surface area contributed by atoms with Crippen molar-refractivity contribution in [2.24, 2.45) is 11.8 Å². The highest BCUT2D eigenvalue weighted by Gasteiger charge is 2.33. The molecule has 2 nitrogen and oxygen atoms in total. The van der Waals surface area contributed by atoms with Gasteiger partial charge in [0.2, 0.25) is 0 Å². The van der Waals surface area contributed by atoms with Crippen LogP contribution in [-0.4, -0.2) is 19.3 Å². The van der Waals surface area contributed by atoms with Gasteiger partial charge in [0.15, 0.2) is 0 Å². The number of hydrogen-bond acceptors (Lipinski definition) is 3. The molecule has 0 heterocycles. The van der Waals surface area contributed by atoms with E-state index >= 15 is 0 Å². The van der Waals surface area contributed by atoms with Gasteiger partial charge in [-0.1, -0.05) is 19.9 Å². The molecule has 1 aromatic rings. The zero-order chi connectivity index (χ0) is 13.1. The van der Waals surface area contributed by atoms with Crippen molar-refractivity contribution >= 4 is 17.4 Å². The van der Waals surface area contributed by atoms with Gasteiger partial charge in [-0.2, -0.15) is 5.26 Å². The summed E-state index contributed by atoms with van der Waals surface area (Å²) in [4.78, 5) is 3.35. The molecule has 0 aromatic heterocycles. The summed E-state index contributed by atoms with van der Waals surface area (Å²) < 4.78 is 0. The van der Waals surface area contributed by atoms with Gasteiger partial charge in [-0.05, 0) is 36.1 Å². The Bertz CT molecular complexity index is 464. The van der Waals surface area contributed by atoms with E-state index in [4.69, 9.17) is 0 Å². The topological polar surface area (TPSA) is 27.0 Å². The van der Waals surface area contributed by atoms with Gasteiger partial charge in [-0.25, -0.2) is 0 Å². The fourth-order valence-electron chi connectivity index (χ4n) is 2.33. The van der Waals surface area contributed by atoms with Gasteiger partial charge in [0.1, 0.15) is 6.07 Å². The van der Waals surface area contributed by atoms with Crippen molar-refractivity contribution < 1.29 is 0 Å². The molecule has 0 saturated heterocycles. The highest BCUT2D eigenvalue weighted by atomic mass is 32.2. The van der Waals surface area contributed by atoms with Gasteiger partial charge in [0.25, 0.3) is 0 Å². The van der Waals surface area contributed by atoms with E-state index in [0.717, 1.165) is 40.3 Å². The van der Waals surface area contributed by atoms with Crippen LogP contribution in [0.1, 0.15) is 25.8 Å². The van der Waals surface area contributed by atoms with Crippen LogP contribution in [-0.2, 0) is 0 Å². The standard InChI is InChI=1S/C15H20N2S/c1-4-18-15-7-5-6-14(13(15)9-16)17(3)10-12-8-11(12)2/h5-7,11-12H,4,8,10H2,1-3H3. The van der Waals surface area contributed by atoms with E-state index < -0.39 is 0 Å². The van der Waals surface area contributed by atoms with Gasteiger partial charge >= 0.3 is 0 Å². The predicted molar refractivity (Wildman–Crippen MR) is 78.1 cm³/mol. The van der Waals surface area contributed by atoms with Crippen LogP contribution in [0.3, 0.4) is 0 Å². The van der Waals surface area contributed by atoms with Crippen LogP contribution in [0.2, 0.25) is 0 Å². The van der Waals surface area contributed by atoms with Gasteiger partial charge in [-0.3, -0.25) is 0 Å². The minimum atomic E-state index is 0.809. The van der Waals surface area contributed by atoms with Crippen molar-refractivity contribution in [3.8, 4) is 6.07 Å². The number of thioether (sulfide) groups is 1. The first kappa shape index (κ1) is 13.3. The summed E-state index contributed by atoms with van der Waals surface area (Å²) in [7, 11) is 2.10. The first-order chi connectivity index (χ1) is 8.67. The molecular weight excluding hydrogens is 240 g/mol. The largest absolute Gasteiger partial charge is 0.373 e. The molecule has 0 spiro atoms. The molecule has 2 atom stereocenters. The van der Waals surface area contributed by atoms with Gasteiger partial charge in [0, 0.05) is 18.5 Å². The summed E-state index contributed by atoms with van der Waals surface area (Å²) in [5.74, 6) is 2.66. The average Bonchev–Trinajstić information content (AvgIpc) is 3.05. The third-order valence-corrected chi connectivity index (χ3v) is 4.55. The minimum Gasteiger partial charge on any atom is -0.373 e. The third kappa shape index (κ3) is 2.81. The van der Waals surface area contributed by atoms with E-state index in [0.29, 0.717) is 0 Å². The minimum absolute atomic E-state index is 0.809. The Morgan fingerprint density at radius 2 is 2.22 bits per heavy atom. The second kappa shape index (κ2) is 5.67. The maximum Gasteiger partial charge on any atom is 0.103 e. The summed E-state index contributed by atoms with van der Waals surface area (Å²) >= 11 is 1.74. The summed E-state index contributed by atoms with van der Waals surface area (Å²) in [6.07, 6.45) is 1.33. The molecule has 2 unspecified atom stereocenters. The molecule has 0 amide bonds. The number of nitrogens with zero attached hydrogens (tertiary/aromatic N) is 2. The van der Waals surface area contributed by atoms with Crippen molar-refractivity contribution in [2.75, 3.05) is 24.2 Å². The molecule has 1 aliphatic carbocycles. The number of rotatable bonds is 5. The van der Waals surface area contributed by atoms with Crippen molar-refractivity contribution in [3.63, 3.8) is 0 Å². The first-order valence-corrected chi connectivity index (χ1v) is 7.53. The van der Waals surface area contributed by atoms with Crippen LogP contribution in [0.5, 0.6) is 0 Å². The van der Waals surface area contributed by atoms with E-state index in [9.17, 15) is 5.26 Å². The molecular formula is C15H20N2S. The summed E-state index contributed by atoms with van der Waals surface area (Å²) in [6, 6.07) is 8.54. The Morgan fingerprint density at radius 3 is 2.78 bits per heavy atom. The molecule has 2 rings (SSSR count). The van der Waals surface area contributed by atoms with Gasteiger partial charge in [-0.15, -0.1) is 11.8 Å². The number of hydrogen-bond donors (Lipinski definition) is 0. The molecule has 1 fully saturated rings. The van der Waals surface area contributed by atoms with Crippen molar-refractivity contribution in [1.29, 1.82) is 5.26 Å². The molecule has 3 heteroatoms. The monoisotopic (exact) mass is 260 g/mol. The highest BCUT2D eigenvalue weighted by molar-refractivity contribution is 7.99. The van der Waals surface area contributed by atoms with E-state index in [-0.39, 0.29) is 0 Å². The normalized spacial score (nSPS) is 21.4. The second-order valence-electron chi connectivity index (χ2n) is 5.05. The molecule has 1 aromatic carbocycles. The van der Waals surface area contributed by atoms with Gasteiger partial charge < -0.3 is 4.90 Å². The zero-order valence-electron chi connectivity index (χ0n) is 11.3. The number of benzene rings is 1. The second-order valence-corrected chi connectivity index (χ2v) is 6.35. The molecule has 0 N–H and O–H groups in total. The predicted octanol–water partition coefficient (Wildman–Crippen LogP) is 3.76. The van der Waals surface area contributed by atoms with Crippen molar-refractivity contribution in [2.45, 2.75) is 25.2 Å². The molecule has 0 aliphatic heterocycles. The molecule has 18 heavy (non-hydrogen) atoms. The molecule has 1 aliphatic rings. The highest BCUT2D eigenvalue weighted by Crippen LogP contribution is 2.39. The molecule has 1 saturated carbocycles. The van der Waals surface area contributed by atoms with E-state index in [2.05, 4.69) is 44.0 Å². The van der Waals surface area contributed by atoms with E-state index in [1.807, 2.05) is 6.07 Å². The van der Waals surface area contributed by atoms with Crippen molar-refractivity contribution in [3.05, 3.63) is 23.8 Å². The van der Waals surface area contributed by atoms with E-state index in [1.165, 1.54) is 6.42 Å². The van der Waals surface area contributed by atoms with Gasteiger partial charge in [0.05, 0.1) is 11.3 Å². The zero-order valence-corrected chi connectivity index (χ0v) is 12.1. The Hall–Kier alpha value is -1.14. The van der Waals surface area contributed by atoms with Crippen LogP contribution in [0, 0.1) is 23.2 Å². The van der Waals surface area contributed by atoms with Crippen molar-refractivity contribution in [1.82, 2.24) is 0 Å². The Kier molecular flexibility index (Phi) is 4.19. The summed E-state index contributed by atoms with van der Waals surface area (Å²) in [5, 5.41) is 9.39. The lowest BCUT2D eigenvalue weighted by molar-refractivity contribution is 0.724. The molecule has 0 bridgehead atoms. The maximum absolute atomic E-state index is 9.39. The maximum atomic E-state index is 9.39. The lowest BCUT2D eigenvalue weighted by atomic mass is 10.1. The number of nitriles is 1. The van der Waals surface area contributed by atoms with Crippen LogP contribution in [0.15, 0.2) is 23.1 Å². The molecule has 96 valence electrons. The lowest BCUT2D eigenvalue weighted by Gasteiger charge is -2.21. The summed E-state index contributed by atoms with van der Waals surface area (Å²) in [5.41, 5.74) is 1.91. The van der Waals surface area contributed by atoms with Crippen LogP contribution < -0.4 is 4.90 Å². The van der Waals surface area contributed by atoms with E-state index in [1.54, 1.807) is 11.8 Å². The van der Waals surface area contributed by atoms with Crippen LogP contribution >= 0.6 is 11.8 Å².